The Kier molecular flexibility index (Phi) is 5.51. The largest absolute Gasteiger partial charge is 0.451 e. The molecule has 0 aromatic heterocycles. The van der Waals surface area contributed by atoms with Crippen molar-refractivity contribution in [2.75, 3.05) is 17.2 Å². The summed E-state index contributed by atoms with van der Waals surface area (Å²) in [6.07, 6.45) is 2.96. The van der Waals surface area contributed by atoms with E-state index in [9.17, 15) is 4.79 Å². The number of unbranched alkanes of at least 4 members (excludes halogenated alkanes) is 2. The Bertz CT molecular complexity index is 481. The number of fused-ring (bicyclic) bond motifs is 1. The summed E-state index contributed by atoms with van der Waals surface area (Å²) in [6, 6.07) is 6.18. The molecule has 0 atom stereocenters. The second-order valence-electron chi connectivity index (χ2n) is 5.14. The van der Waals surface area contributed by atoms with Gasteiger partial charge in [0.05, 0.1) is 11.4 Å². The van der Waals surface area contributed by atoms with Crippen LogP contribution in [0.2, 0.25) is 6.32 Å². The number of carbonyl (C=O) groups excluding carboxylic acids is 1. The summed E-state index contributed by atoms with van der Waals surface area (Å²) in [4.78, 5) is 15.1. The zero-order valence-corrected chi connectivity index (χ0v) is 12.5. The molecule has 2 rings (SSSR count). The van der Waals surface area contributed by atoms with Gasteiger partial charge >= 0.3 is 7.12 Å². The van der Waals surface area contributed by atoms with Crippen LogP contribution < -0.4 is 4.90 Å². The van der Waals surface area contributed by atoms with Gasteiger partial charge in [-0.2, -0.15) is 0 Å². The van der Waals surface area contributed by atoms with E-state index in [0.717, 1.165) is 24.9 Å². The molecule has 0 unspecified atom stereocenters. The summed E-state index contributed by atoms with van der Waals surface area (Å²) in [7, 11) is -1.22. The van der Waals surface area contributed by atoms with E-state index in [1.807, 2.05) is 17.0 Å². The van der Waals surface area contributed by atoms with Crippen molar-refractivity contribution in [2.45, 2.75) is 37.4 Å². The number of carbonyl (C=O) groups is 1. The van der Waals surface area contributed by atoms with Gasteiger partial charge in [-0.25, -0.2) is 0 Å². The molecule has 108 valence electrons. The molecule has 0 radical (unpaired) electrons. The van der Waals surface area contributed by atoms with Crippen molar-refractivity contribution < 1.29 is 14.8 Å². The quantitative estimate of drug-likeness (QED) is 0.622. The predicted octanol–water partition coefficient (Wildman–Crippen LogP) is 2.08. The Morgan fingerprint density at radius 1 is 1.30 bits per heavy atom. The summed E-state index contributed by atoms with van der Waals surface area (Å²) in [5.41, 5.74) is 2.22. The minimum atomic E-state index is -1.22. The maximum Gasteiger partial charge on any atom is 0.451 e. The fraction of sp³-hybridized carbons (Fsp3) is 0.500. The maximum atomic E-state index is 12.0. The van der Waals surface area contributed by atoms with E-state index in [1.54, 1.807) is 11.8 Å². The van der Waals surface area contributed by atoms with Crippen LogP contribution in [0, 0.1) is 6.92 Å². The van der Waals surface area contributed by atoms with E-state index in [-0.39, 0.29) is 5.91 Å². The molecule has 1 aliphatic heterocycles. The molecule has 2 N–H and O–H groups in total. The Morgan fingerprint density at radius 3 is 2.85 bits per heavy atom. The second kappa shape index (κ2) is 7.15. The molecule has 6 heteroatoms. The smallest absolute Gasteiger partial charge is 0.427 e. The molecule has 1 aliphatic rings. The molecule has 20 heavy (non-hydrogen) atoms. The third-order valence-electron chi connectivity index (χ3n) is 3.40. The van der Waals surface area contributed by atoms with Crippen LogP contribution in [0.15, 0.2) is 23.1 Å². The zero-order chi connectivity index (χ0) is 14.5. The SMILES string of the molecule is Cc1ccc2c(c1)SCC(=O)N2CCCCCB(O)O. The Labute approximate surface area is 124 Å². The number of aryl methyl sites for hydroxylation is 1. The van der Waals surface area contributed by atoms with Gasteiger partial charge in [-0.1, -0.05) is 18.9 Å². The fourth-order valence-electron chi connectivity index (χ4n) is 2.33. The topological polar surface area (TPSA) is 60.8 Å². The first-order valence-electron chi connectivity index (χ1n) is 6.98. The van der Waals surface area contributed by atoms with Gasteiger partial charge < -0.3 is 14.9 Å². The van der Waals surface area contributed by atoms with Gasteiger partial charge in [0.2, 0.25) is 5.91 Å². The molecule has 0 saturated heterocycles. The molecule has 0 aliphatic carbocycles. The summed E-state index contributed by atoms with van der Waals surface area (Å²) in [5, 5.41) is 17.6. The first kappa shape index (κ1) is 15.4. The molecule has 1 aromatic rings. The number of amides is 1. The standard InChI is InChI=1S/C14H20BNO3S/c1-11-5-6-12-13(9-11)20-10-14(17)16(12)8-4-2-3-7-15(18)19/h5-6,9,18-19H,2-4,7-8,10H2,1H3. The molecular formula is C14H20BNO3S. The second-order valence-corrected chi connectivity index (χ2v) is 6.15. The van der Waals surface area contributed by atoms with Crippen molar-refractivity contribution in [3.63, 3.8) is 0 Å². The highest BCUT2D eigenvalue weighted by Crippen LogP contribution is 2.36. The van der Waals surface area contributed by atoms with Gasteiger partial charge in [0, 0.05) is 11.4 Å². The van der Waals surface area contributed by atoms with Crippen LogP contribution >= 0.6 is 11.8 Å². The Hall–Kier alpha value is -0.975. The van der Waals surface area contributed by atoms with Gasteiger partial charge in [0.15, 0.2) is 0 Å². The number of rotatable bonds is 6. The number of hydrogen-bond acceptors (Lipinski definition) is 4. The van der Waals surface area contributed by atoms with Crippen LogP contribution in [0.25, 0.3) is 0 Å². The van der Waals surface area contributed by atoms with E-state index in [4.69, 9.17) is 10.0 Å². The lowest BCUT2D eigenvalue weighted by Gasteiger charge is -2.29. The van der Waals surface area contributed by atoms with Crippen LogP contribution in [0.3, 0.4) is 0 Å². The highest BCUT2D eigenvalue weighted by atomic mass is 32.2. The van der Waals surface area contributed by atoms with E-state index in [1.165, 1.54) is 10.5 Å². The summed E-state index contributed by atoms with van der Waals surface area (Å²) >= 11 is 1.61. The van der Waals surface area contributed by atoms with Crippen LogP contribution in [-0.2, 0) is 4.79 Å². The fourth-order valence-corrected chi connectivity index (χ4v) is 3.36. The summed E-state index contributed by atoms with van der Waals surface area (Å²) in [6.45, 7) is 2.76. The molecule has 1 heterocycles. The van der Waals surface area contributed by atoms with Crippen LogP contribution in [0.1, 0.15) is 24.8 Å². The summed E-state index contributed by atoms with van der Waals surface area (Å²) < 4.78 is 0. The maximum absolute atomic E-state index is 12.0. The highest BCUT2D eigenvalue weighted by molar-refractivity contribution is 8.00. The lowest BCUT2D eigenvalue weighted by atomic mass is 9.83. The molecule has 0 fully saturated rings. The predicted molar refractivity (Wildman–Crippen MR) is 83.1 cm³/mol. The molecule has 0 spiro atoms. The summed E-state index contributed by atoms with van der Waals surface area (Å²) in [5.74, 6) is 0.666. The first-order chi connectivity index (χ1) is 9.58. The lowest BCUT2D eigenvalue weighted by Crippen LogP contribution is -2.36. The normalized spacial score (nSPS) is 14.3. The van der Waals surface area contributed by atoms with Crippen LogP contribution in [0.4, 0.5) is 5.69 Å². The highest BCUT2D eigenvalue weighted by Gasteiger charge is 2.24. The number of nitrogens with zero attached hydrogens (tertiary/aromatic N) is 1. The third kappa shape index (κ3) is 4.01. The third-order valence-corrected chi connectivity index (χ3v) is 4.43. The van der Waals surface area contributed by atoms with Crippen molar-refractivity contribution in [3.8, 4) is 0 Å². The zero-order valence-electron chi connectivity index (χ0n) is 11.7. The monoisotopic (exact) mass is 293 g/mol. The van der Waals surface area contributed by atoms with Crippen molar-refractivity contribution in [1.29, 1.82) is 0 Å². The average molecular weight is 293 g/mol. The lowest BCUT2D eigenvalue weighted by molar-refractivity contribution is -0.116. The molecule has 0 bridgehead atoms. The Morgan fingerprint density at radius 2 is 2.10 bits per heavy atom. The van der Waals surface area contributed by atoms with Gasteiger partial charge in [-0.05, 0) is 37.4 Å². The van der Waals surface area contributed by atoms with Crippen molar-refractivity contribution in [3.05, 3.63) is 23.8 Å². The van der Waals surface area contributed by atoms with Gasteiger partial charge in [-0.15, -0.1) is 11.8 Å². The number of benzene rings is 1. The van der Waals surface area contributed by atoms with Crippen molar-refractivity contribution in [1.82, 2.24) is 0 Å². The number of hydrogen-bond donors (Lipinski definition) is 2. The van der Waals surface area contributed by atoms with Crippen LogP contribution in [-0.4, -0.2) is 35.4 Å². The van der Waals surface area contributed by atoms with Gasteiger partial charge in [0.25, 0.3) is 0 Å². The van der Waals surface area contributed by atoms with E-state index in [0.29, 0.717) is 18.6 Å². The minimum absolute atomic E-state index is 0.161. The number of thioether (sulfide) groups is 1. The minimum Gasteiger partial charge on any atom is -0.427 e. The average Bonchev–Trinajstić information content (AvgIpc) is 2.40. The van der Waals surface area contributed by atoms with E-state index >= 15 is 0 Å². The molecular weight excluding hydrogens is 273 g/mol. The molecule has 0 saturated carbocycles. The van der Waals surface area contributed by atoms with Crippen molar-refractivity contribution in [2.24, 2.45) is 0 Å². The van der Waals surface area contributed by atoms with Crippen LogP contribution in [0.5, 0.6) is 0 Å². The first-order valence-corrected chi connectivity index (χ1v) is 7.96. The van der Waals surface area contributed by atoms with E-state index in [2.05, 4.69) is 13.0 Å². The molecule has 1 aromatic carbocycles. The van der Waals surface area contributed by atoms with Gasteiger partial charge in [0.1, 0.15) is 0 Å². The molecule has 1 amide bonds. The van der Waals surface area contributed by atoms with Gasteiger partial charge in [-0.3, -0.25) is 4.79 Å². The number of anilines is 1. The van der Waals surface area contributed by atoms with E-state index < -0.39 is 7.12 Å². The van der Waals surface area contributed by atoms with Crippen molar-refractivity contribution >= 4 is 30.5 Å². The Balaban J connectivity index is 1.92. The molecule has 4 nitrogen and oxygen atoms in total.